The minimum Gasteiger partial charge on any atom is -0.415 e. The van der Waals surface area contributed by atoms with Crippen LogP contribution in [0.15, 0.2) is 39.7 Å². The summed E-state index contributed by atoms with van der Waals surface area (Å²) in [6, 6.07) is 4.49. The van der Waals surface area contributed by atoms with E-state index in [1.165, 1.54) is 12.1 Å². The molecule has 1 aromatic carbocycles. The maximum atomic E-state index is 13.7. The Balaban J connectivity index is 1.34. The highest BCUT2D eigenvalue weighted by molar-refractivity contribution is 5.79. The second kappa shape index (κ2) is 12.0. The fraction of sp³-hybridized carbons (Fsp3) is 0.533. The number of hydrogen-bond acceptors (Lipinski definition) is 7. The number of nitrogens with zero attached hydrogens (tertiary/aromatic N) is 4. The van der Waals surface area contributed by atoms with Crippen molar-refractivity contribution >= 4 is 16.9 Å². The molecule has 0 spiro atoms. The van der Waals surface area contributed by atoms with Crippen molar-refractivity contribution in [2.75, 3.05) is 26.4 Å². The molecule has 3 aromatic rings. The Labute approximate surface area is 232 Å². The van der Waals surface area contributed by atoms with E-state index in [0.717, 1.165) is 49.9 Å². The lowest BCUT2D eigenvalue weighted by Gasteiger charge is -2.42. The Hall–Kier alpha value is -3.37. The molecule has 4 heterocycles. The molecule has 10 heteroatoms. The zero-order valence-electron chi connectivity index (χ0n) is 23.3. The zero-order chi connectivity index (χ0) is 28.3. The van der Waals surface area contributed by atoms with Gasteiger partial charge in [-0.3, -0.25) is 18.6 Å². The molecule has 0 saturated carbocycles. The standard InChI is InChI=1S/C30H38FN4O5/c1-3-4-5-8-27(37)39-19-35(17-13-23-20(2)32-29-25(36)7-6-14-34(29)30(23)38)15-11-21(12-16-35)28-24-10-9-22(31)18-26(24)40-33-28/h4-5,9-10,18,21,25,36H,3,6-8,11-17,19H2,1-2H3/q+1/b5-4+. The lowest BCUT2D eigenvalue weighted by Crippen LogP contribution is -2.55. The number of carbonyl (C=O) groups is 1. The Bertz CT molecular complexity index is 1450. The predicted octanol–water partition coefficient (Wildman–Crippen LogP) is 4.45. The van der Waals surface area contributed by atoms with E-state index in [4.69, 9.17) is 9.26 Å². The van der Waals surface area contributed by atoms with E-state index in [1.807, 2.05) is 26.0 Å². The molecule has 0 bridgehead atoms. The number of benzene rings is 1. The van der Waals surface area contributed by atoms with Crippen molar-refractivity contribution in [3.63, 3.8) is 0 Å². The summed E-state index contributed by atoms with van der Waals surface area (Å²) < 4.78 is 27.0. The maximum Gasteiger partial charge on any atom is 0.313 e. The molecule has 214 valence electrons. The quantitative estimate of drug-likeness (QED) is 0.237. The van der Waals surface area contributed by atoms with Gasteiger partial charge in [-0.2, -0.15) is 0 Å². The van der Waals surface area contributed by atoms with E-state index in [1.54, 1.807) is 10.6 Å². The van der Waals surface area contributed by atoms with Gasteiger partial charge in [0.05, 0.1) is 31.7 Å². The largest absolute Gasteiger partial charge is 0.415 e. The normalized spacial score (nSPS) is 23.0. The number of aliphatic hydroxyl groups excluding tert-OH is 1. The number of allylic oxidation sites excluding steroid dienone is 1. The third-order valence-corrected chi connectivity index (χ3v) is 8.43. The summed E-state index contributed by atoms with van der Waals surface area (Å²) in [5.74, 6) is -0.0339. The maximum absolute atomic E-state index is 13.7. The van der Waals surface area contributed by atoms with Crippen LogP contribution < -0.4 is 5.56 Å². The van der Waals surface area contributed by atoms with Crippen molar-refractivity contribution in [1.29, 1.82) is 0 Å². The molecule has 1 saturated heterocycles. The average molecular weight is 554 g/mol. The number of esters is 1. The fourth-order valence-electron chi connectivity index (χ4n) is 6.05. The lowest BCUT2D eigenvalue weighted by molar-refractivity contribution is -0.948. The van der Waals surface area contributed by atoms with Gasteiger partial charge >= 0.3 is 5.97 Å². The van der Waals surface area contributed by atoms with Gasteiger partial charge in [-0.25, -0.2) is 9.37 Å². The fourth-order valence-corrected chi connectivity index (χ4v) is 6.05. The van der Waals surface area contributed by atoms with Crippen LogP contribution in [-0.2, 0) is 22.5 Å². The number of quaternary nitrogens is 1. The number of fused-ring (bicyclic) bond motifs is 2. The first-order chi connectivity index (χ1) is 19.3. The van der Waals surface area contributed by atoms with E-state index in [2.05, 4.69) is 10.1 Å². The van der Waals surface area contributed by atoms with Crippen LogP contribution in [0.25, 0.3) is 11.0 Å². The minimum atomic E-state index is -0.711. The first-order valence-corrected chi connectivity index (χ1v) is 14.3. The van der Waals surface area contributed by atoms with Gasteiger partial charge in [0.25, 0.3) is 5.56 Å². The van der Waals surface area contributed by atoms with Crippen LogP contribution in [0.2, 0.25) is 0 Å². The predicted molar refractivity (Wildman–Crippen MR) is 147 cm³/mol. The number of rotatable bonds is 9. The molecule has 40 heavy (non-hydrogen) atoms. The Morgan fingerprint density at radius 3 is 2.85 bits per heavy atom. The van der Waals surface area contributed by atoms with Crippen molar-refractivity contribution in [3.8, 4) is 0 Å². The average Bonchev–Trinajstić information content (AvgIpc) is 3.36. The van der Waals surface area contributed by atoms with Crippen molar-refractivity contribution in [3.05, 3.63) is 69.3 Å². The van der Waals surface area contributed by atoms with Gasteiger partial charge in [-0.15, -0.1) is 0 Å². The number of likely N-dealkylation sites (tertiary alicyclic amines) is 1. The molecule has 0 amide bonds. The summed E-state index contributed by atoms with van der Waals surface area (Å²) in [5, 5.41) is 15.4. The smallest absolute Gasteiger partial charge is 0.313 e. The summed E-state index contributed by atoms with van der Waals surface area (Å²) in [6.07, 6.45) is 7.59. The number of halogens is 1. The first kappa shape index (κ1) is 28.2. The van der Waals surface area contributed by atoms with Crippen LogP contribution in [0.5, 0.6) is 0 Å². The minimum absolute atomic E-state index is 0.0858. The Morgan fingerprint density at radius 2 is 2.08 bits per heavy atom. The van der Waals surface area contributed by atoms with E-state index < -0.39 is 6.10 Å². The molecule has 5 rings (SSSR count). The second-order valence-electron chi connectivity index (χ2n) is 11.1. The molecule has 1 N–H and O–H groups in total. The number of aryl methyl sites for hydroxylation is 1. The first-order valence-electron chi connectivity index (χ1n) is 14.3. The molecule has 0 aliphatic carbocycles. The van der Waals surface area contributed by atoms with Gasteiger partial charge in [-0.05, 0) is 38.3 Å². The van der Waals surface area contributed by atoms with Gasteiger partial charge in [0.2, 0.25) is 6.73 Å². The number of aliphatic hydroxyl groups is 1. The summed E-state index contributed by atoms with van der Waals surface area (Å²) in [5.41, 5.74) is 2.49. The summed E-state index contributed by atoms with van der Waals surface area (Å²) in [7, 11) is 0. The van der Waals surface area contributed by atoms with Crippen molar-refractivity contribution in [1.82, 2.24) is 14.7 Å². The van der Waals surface area contributed by atoms with Crippen LogP contribution in [0.4, 0.5) is 4.39 Å². The van der Waals surface area contributed by atoms with Gasteiger partial charge in [0.1, 0.15) is 17.7 Å². The topological polar surface area (TPSA) is 107 Å². The molecule has 1 unspecified atom stereocenters. The van der Waals surface area contributed by atoms with E-state index >= 15 is 0 Å². The van der Waals surface area contributed by atoms with Crippen molar-refractivity contribution < 1.29 is 28.0 Å². The summed E-state index contributed by atoms with van der Waals surface area (Å²) >= 11 is 0. The molecule has 2 aliphatic heterocycles. The highest BCUT2D eigenvalue weighted by atomic mass is 19.1. The number of piperidine rings is 1. The molecule has 2 aromatic heterocycles. The number of aromatic nitrogens is 3. The zero-order valence-corrected chi connectivity index (χ0v) is 23.3. The monoisotopic (exact) mass is 553 g/mol. The van der Waals surface area contributed by atoms with E-state index in [9.17, 15) is 19.1 Å². The molecule has 1 atom stereocenters. The molecule has 9 nitrogen and oxygen atoms in total. The van der Waals surface area contributed by atoms with Crippen LogP contribution in [0.1, 0.15) is 80.2 Å². The van der Waals surface area contributed by atoms with Gasteiger partial charge in [-0.1, -0.05) is 24.2 Å². The third-order valence-electron chi connectivity index (χ3n) is 8.43. The van der Waals surface area contributed by atoms with Gasteiger partial charge in [0, 0.05) is 54.4 Å². The van der Waals surface area contributed by atoms with E-state index in [0.29, 0.717) is 53.1 Å². The SMILES string of the molecule is CC/C=C/CC(=O)OC[N+]1(CCc2c(C)nc3n(c2=O)CCCC3O)CCC(c2noc3cc(F)ccc23)CC1. The van der Waals surface area contributed by atoms with Gasteiger partial charge < -0.3 is 14.4 Å². The highest BCUT2D eigenvalue weighted by Crippen LogP contribution is 2.35. The highest BCUT2D eigenvalue weighted by Gasteiger charge is 2.37. The molecular weight excluding hydrogens is 515 g/mol. The van der Waals surface area contributed by atoms with Crippen LogP contribution in [0, 0.1) is 12.7 Å². The lowest BCUT2D eigenvalue weighted by atomic mass is 9.90. The van der Waals surface area contributed by atoms with Crippen molar-refractivity contribution in [2.45, 2.75) is 77.4 Å². The Kier molecular flexibility index (Phi) is 8.46. The number of carbonyl (C=O) groups excluding carboxylic acids is 1. The number of ether oxygens (including phenoxy) is 1. The number of hydrogen-bond donors (Lipinski definition) is 1. The summed E-state index contributed by atoms with van der Waals surface area (Å²) in [6.45, 7) is 6.72. The van der Waals surface area contributed by atoms with Gasteiger partial charge in [0.15, 0.2) is 5.58 Å². The molecule has 1 fully saturated rings. The van der Waals surface area contributed by atoms with E-state index in [-0.39, 0.29) is 36.4 Å². The van der Waals surface area contributed by atoms with Crippen LogP contribution in [-0.4, -0.2) is 56.6 Å². The van der Waals surface area contributed by atoms with Crippen molar-refractivity contribution in [2.24, 2.45) is 0 Å². The molecular formula is C30H38FN4O5+. The second-order valence-corrected chi connectivity index (χ2v) is 11.1. The summed E-state index contributed by atoms with van der Waals surface area (Å²) in [4.78, 5) is 30.5. The van der Waals surface area contributed by atoms with Crippen LogP contribution >= 0.6 is 0 Å². The Morgan fingerprint density at radius 1 is 1.27 bits per heavy atom. The third kappa shape index (κ3) is 5.88. The molecule has 2 aliphatic rings. The molecule has 0 radical (unpaired) electrons. The van der Waals surface area contributed by atoms with Crippen LogP contribution in [0.3, 0.4) is 0 Å².